The first-order chi connectivity index (χ1) is 13.5. The molecule has 0 saturated carbocycles. The fourth-order valence-corrected chi connectivity index (χ4v) is 4.97. The molecule has 28 heavy (non-hydrogen) atoms. The van der Waals surface area contributed by atoms with Crippen molar-refractivity contribution in [1.29, 1.82) is 0 Å². The summed E-state index contributed by atoms with van der Waals surface area (Å²) in [6.07, 6.45) is 1.45. The molecular weight excluding hydrogens is 352 g/mol. The van der Waals surface area contributed by atoms with Crippen molar-refractivity contribution in [2.24, 2.45) is 5.92 Å². The molecule has 0 spiro atoms. The van der Waals surface area contributed by atoms with Gasteiger partial charge in [0, 0.05) is 61.9 Å². The highest BCUT2D eigenvalue weighted by Crippen LogP contribution is 2.37. The molecule has 2 saturated heterocycles. The molecule has 1 N–H and O–H groups in total. The van der Waals surface area contributed by atoms with Crippen molar-refractivity contribution in [1.82, 2.24) is 9.80 Å². The standard InChI is InChI=1S/C23H26N2O3/c1-16(26)25-12-10-23(27)9-11-24(14-18(23)15-25)13-17-5-4-7-20-19-6-2-3-8-21(19)28-22(17)20/h2-8,18,27H,9-15H2,1H3/t18-,23-/m1/s1. The number of benzene rings is 2. The first-order valence-corrected chi connectivity index (χ1v) is 10.1. The molecule has 0 bridgehead atoms. The van der Waals surface area contributed by atoms with Crippen LogP contribution in [0.1, 0.15) is 25.3 Å². The first-order valence-electron chi connectivity index (χ1n) is 10.1. The van der Waals surface area contributed by atoms with Gasteiger partial charge in [-0.15, -0.1) is 0 Å². The van der Waals surface area contributed by atoms with Crippen LogP contribution in [0.15, 0.2) is 46.9 Å². The number of piperidine rings is 2. The number of fused-ring (bicyclic) bond motifs is 4. The van der Waals surface area contributed by atoms with Gasteiger partial charge in [-0.3, -0.25) is 9.69 Å². The minimum Gasteiger partial charge on any atom is -0.456 e. The van der Waals surface area contributed by atoms with E-state index in [0.717, 1.165) is 48.0 Å². The van der Waals surface area contributed by atoms with E-state index in [4.69, 9.17) is 4.42 Å². The molecule has 2 atom stereocenters. The number of amides is 1. The molecule has 2 fully saturated rings. The smallest absolute Gasteiger partial charge is 0.219 e. The molecule has 5 nitrogen and oxygen atoms in total. The summed E-state index contributed by atoms with van der Waals surface area (Å²) in [5.74, 6) is 0.208. The average molecular weight is 378 g/mol. The molecule has 5 heteroatoms. The van der Waals surface area contributed by atoms with Gasteiger partial charge in [0.2, 0.25) is 5.91 Å². The predicted octanol–water partition coefficient (Wildman–Crippen LogP) is 3.39. The van der Waals surface area contributed by atoms with E-state index in [-0.39, 0.29) is 11.8 Å². The summed E-state index contributed by atoms with van der Waals surface area (Å²) in [6, 6.07) is 14.5. The largest absolute Gasteiger partial charge is 0.456 e. The van der Waals surface area contributed by atoms with Crippen molar-refractivity contribution in [3.05, 3.63) is 48.0 Å². The van der Waals surface area contributed by atoms with Crippen LogP contribution in [0.4, 0.5) is 0 Å². The third-order valence-corrected chi connectivity index (χ3v) is 6.68. The highest BCUT2D eigenvalue weighted by atomic mass is 16.3. The Labute approximate surface area is 164 Å². The Morgan fingerprint density at radius 1 is 1.11 bits per heavy atom. The summed E-state index contributed by atoms with van der Waals surface area (Å²) in [4.78, 5) is 16.1. The van der Waals surface area contributed by atoms with Gasteiger partial charge in [-0.2, -0.15) is 0 Å². The number of likely N-dealkylation sites (tertiary alicyclic amines) is 2. The Morgan fingerprint density at radius 3 is 2.75 bits per heavy atom. The average Bonchev–Trinajstić information content (AvgIpc) is 3.07. The number of para-hydroxylation sites is 2. The summed E-state index contributed by atoms with van der Waals surface area (Å²) >= 11 is 0. The SMILES string of the molecule is CC(=O)N1CC[C@]2(O)CCN(Cc3cccc4c3oc3ccccc34)C[C@@H]2C1. The third-order valence-electron chi connectivity index (χ3n) is 6.68. The number of aliphatic hydroxyl groups is 1. The zero-order chi connectivity index (χ0) is 19.3. The van der Waals surface area contributed by atoms with Crippen molar-refractivity contribution < 1.29 is 14.3 Å². The van der Waals surface area contributed by atoms with Gasteiger partial charge >= 0.3 is 0 Å². The van der Waals surface area contributed by atoms with Gasteiger partial charge in [0.25, 0.3) is 0 Å². The molecule has 3 aromatic rings. The van der Waals surface area contributed by atoms with Gasteiger partial charge in [-0.25, -0.2) is 0 Å². The van der Waals surface area contributed by atoms with E-state index in [2.05, 4.69) is 29.2 Å². The lowest BCUT2D eigenvalue weighted by atomic mass is 9.75. The van der Waals surface area contributed by atoms with Crippen LogP contribution in [0, 0.1) is 5.92 Å². The van der Waals surface area contributed by atoms with Crippen LogP contribution in [0.3, 0.4) is 0 Å². The maximum absolute atomic E-state index is 11.8. The number of furan rings is 1. The fourth-order valence-electron chi connectivity index (χ4n) is 4.97. The van der Waals surface area contributed by atoms with E-state index in [1.165, 1.54) is 5.56 Å². The van der Waals surface area contributed by atoms with E-state index < -0.39 is 5.60 Å². The molecule has 1 amide bonds. The van der Waals surface area contributed by atoms with Gasteiger partial charge in [0.1, 0.15) is 11.2 Å². The summed E-state index contributed by atoms with van der Waals surface area (Å²) in [7, 11) is 0. The minimum atomic E-state index is -0.631. The van der Waals surface area contributed by atoms with Gasteiger partial charge in [-0.1, -0.05) is 36.4 Å². The molecule has 0 unspecified atom stereocenters. The summed E-state index contributed by atoms with van der Waals surface area (Å²) in [5, 5.41) is 13.4. The molecule has 0 radical (unpaired) electrons. The van der Waals surface area contributed by atoms with Crippen molar-refractivity contribution in [2.75, 3.05) is 26.2 Å². The molecule has 3 heterocycles. The van der Waals surface area contributed by atoms with Crippen molar-refractivity contribution in [3.8, 4) is 0 Å². The van der Waals surface area contributed by atoms with Crippen LogP contribution in [-0.2, 0) is 11.3 Å². The Kier molecular flexibility index (Phi) is 4.18. The normalized spacial score (nSPS) is 25.9. The highest BCUT2D eigenvalue weighted by molar-refractivity contribution is 6.05. The van der Waals surface area contributed by atoms with Crippen molar-refractivity contribution in [2.45, 2.75) is 31.9 Å². The van der Waals surface area contributed by atoms with Crippen LogP contribution in [0.2, 0.25) is 0 Å². The molecule has 2 aromatic carbocycles. The molecule has 146 valence electrons. The molecule has 2 aliphatic rings. The summed E-state index contributed by atoms with van der Waals surface area (Å²) in [6.45, 7) is 5.40. The number of carbonyl (C=O) groups excluding carboxylic acids is 1. The topological polar surface area (TPSA) is 56.9 Å². The number of hydrogen-bond acceptors (Lipinski definition) is 4. The number of rotatable bonds is 2. The fraction of sp³-hybridized carbons (Fsp3) is 0.435. The molecule has 2 aliphatic heterocycles. The quantitative estimate of drug-likeness (QED) is 0.743. The zero-order valence-corrected chi connectivity index (χ0v) is 16.2. The van der Waals surface area contributed by atoms with Crippen LogP contribution in [-0.4, -0.2) is 52.6 Å². The molecule has 5 rings (SSSR count). The van der Waals surface area contributed by atoms with Gasteiger partial charge in [0.15, 0.2) is 0 Å². The lowest BCUT2D eigenvalue weighted by Gasteiger charge is -2.50. The van der Waals surface area contributed by atoms with E-state index in [9.17, 15) is 9.90 Å². The molecule has 1 aromatic heterocycles. The van der Waals surface area contributed by atoms with Crippen LogP contribution in [0.25, 0.3) is 21.9 Å². The zero-order valence-electron chi connectivity index (χ0n) is 16.2. The lowest BCUT2D eigenvalue weighted by Crippen LogP contribution is -2.60. The second-order valence-corrected chi connectivity index (χ2v) is 8.39. The second kappa shape index (κ2) is 6.61. The Morgan fingerprint density at radius 2 is 1.89 bits per heavy atom. The molecule has 0 aliphatic carbocycles. The minimum absolute atomic E-state index is 0.103. The summed E-state index contributed by atoms with van der Waals surface area (Å²) < 4.78 is 6.17. The monoisotopic (exact) mass is 378 g/mol. The molecular formula is C23H26N2O3. The van der Waals surface area contributed by atoms with E-state index in [1.54, 1.807) is 6.92 Å². The number of nitrogens with zero attached hydrogens (tertiary/aromatic N) is 2. The number of carbonyl (C=O) groups is 1. The van der Waals surface area contributed by atoms with Crippen LogP contribution in [0.5, 0.6) is 0 Å². The third kappa shape index (κ3) is 2.90. The second-order valence-electron chi connectivity index (χ2n) is 8.39. The van der Waals surface area contributed by atoms with E-state index in [0.29, 0.717) is 19.5 Å². The van der Waals surface area contributed by atoms with E-state index >= 15 is 0 Å². The van der Waals surface area contributed by atoms with Gasteiger partial charge in [0.05, 0.1) is 5.60 Å². The van der Waals surface area contributed by atoms with Crippen molar-refractivity contribution in [3.63, 3.8) is 0 Å². The Hall–Kier alpha value is -2.37. The predicted molar refractivity (Wildman–Crippen MR) is 109 cm³/mol. The van der Waals surface area contributed by atoms with Gasteiger partial charge in [-0.05, 0) is 18.9 Å². The maximum Gasteiger partial charge on any atom is 0.219 e. The lowest BCUT2D eigenvalue weighted by molar-refractivity contribution is -0.145. The Bertz CT molecular complexity index is 1040. The highest BCUT2D eigenvalue weighted by Gasteiger charge is 2.45. The maximum atomic E-state index is 11.8. The van der Waals surface area contributed by atoms with Gasteiger partial charge < -0.3 is 14.4 Å². The van der Waals surface area contributed by atoms with Crippen LogP contribution < -0.4 is 0 Å². The van der Waals surface area contributed by atoms with Crippen LogP contribution >= 0.6 is 0 Å². The first kappa shape index (κ1) is 17.7. The van der Waals surface area contributed by atoms with Crippen molar-refractivity contribution >= 4 is 27.8 Å². The Balaban J connectivity index is 1.40. The summed E-state index contributed by atoms with van der Waals surface area (Å²) in [5.41, 5.74) is 2.42. The number of hydrogen-bond donors (Lipinski definition) is 1. The van der Waals surface area contributed by atoms with E-state index in [1.807, 2.05) is 23.1 Å².